The lowest BCUT2D eigenvalue weighted by Gasteiger charge is -2.28. The Morgan fingerprint density at radius 2 is 2.05 bits per heavy atom. The van der Waals surface area contributed by atoms with Crippen LogP contribution in [0.4, 0.5) is 11.5 Å². The Morgan fingerprint density at radius 3 is 2.60 bits per heavy atom. The summed E-state index contributed by atoms with van der Waals surface area (Å²) in [4.78, 5) is 18.6. The standard InChI is InChI=1S/C14H22N4O2/c1-14(2,15-3)13(19)17-11-4-5-12(16-10-11)18-6-8-20-9-7-18/h4-5,10,15H,6-9H2,1-3H3,(H,17,19). The van der Waals surface area contributed by atoms with Crippen LogP contribution >= 0.6 is 0 Å². The molecule has 0 radical (unpaired) electrons. The number of hydrogen-bond donors (Lipinski definition) is 2. The van der Waals surface area contributed by atoms with E-state index < -0.39 is 5.54 Å². The lowest BCUT2D eigenvalue weighted by molar-refractivity contribution is -0.121. The monoisotopic (exact) mass is 278 g/mol. The minimum atomic E-state index is -0.608. The number of aromatic nitrogens is 1. The largest absolute Gasteiger partial charge is 0.378 e. The van der Waals surface area contributed by atoms with Crippen molar-refractivity contribution in [3.63, 3.8) is 0 Å². The van der Waals surface area contributed by atoms with Gasteiger partial charge in [0, 0.05) is 13.1 Å². The summed E-state index contributed by atoms with van der Waals surface area (Å²) in [5, 5.41) is 5.83. The SMILES string of the molecule is CNC(C)(C)C(=O)Nc1ccc(N2CCOCC2)nc1. The van der Waals surface area contributed by atoms with Crippen molar-refractivity contribution in [2.45, 2.75) is 19.4 Å². The summed E-state index contributed by atoms with van der Waals surface area (Å²) in [5.74, 6) is 0.833. The van der Waals surface area contributed by atoms with Gasteiger partial charge in [0.2, 0.25) is 5.91 Å². The molecule has 1 saturated heterocycles. The number of nitrogens with zero attached hydrogens (tertiary/aromatic N) is 2. The quantitative estimate of drug-likeness (QED) is 0.855. The number of anilines is 2. The third-order valence-electron chi connectivity index (χ3n) is 3.53. The van der Waals surface area contributed by atoms with Gasteiger partial charge in [0.1, 0.15) is 5.82 Å². The molecular formula is C14H22N4O2. The normalized spacial score (nSPS) is 16.1. The molecule has 1 aliphatic heterocycles. The average Bonchev–Trinajstić information content (AvgIpc) is 2.49. The van der Waals surface area contributed by atoms with Crippen LogP contribution in [0, 0.1) is 0 Å². The van der Waals surface area contributed by atoms with Crippen LogP contribution in [0.25, 0.3) is 0 Å². The van der Waals surface area contributed by atoms with E-state index in [0.29, 0.717) is 5.69 Å². The van der Waals surface area contributed by atoms with E-state index in [1.165, 1.54) is 0 Å². The lowest BCUT2D eigenvalue weighted by atomic mass is 10.1. The van der Waals surface area contributed by atoms with Crippen molar-refractivity contribution in [1.29, 1.82) is 0 Å². The molecule has 0 saturated carbocycles. The van der Waals surface area contributed by atoms with E-state index in [-0.39, 0.29) is 5.91 Å². The number of amides is 1. The van der Waals surface area contributed by atoms with Gasteiger partial charge in [0.15, 0.2) is 0 Å². The fraction of sp³-hybridized carbons (Fsp3) is 0.571. The van der Waals surface area contributed by atoms with Crippen LogP contribution in [0.1, 0.15) is 13.8 Å². The minimum absolute atomic E-state index is 0.0825. The molecular weight excluding hydrogens is 256 g/mol. The van der Waals surface area contributed by atoms with Crippen LogP contribution in [0.2, 0.25) is 0 Å². The molecule has 1 amide bonds. The highest BCUT2D eigenvalue weighted by Gasteiger charge is 2.25. The van der Waals surface area contributed by atoms with E-state index in [2.05, 4.69) is 20.5 Å². The number of pyridine rings is 1. The van der Waals surface area contributed by atoms with E-state index >= 15 is 0 Å². The predicted molar refractivity (Wildman–Crippen MR) is 79.0 cm³/mol. The summed E-state index contributed by atoms with van der Waals surface area (Å²) in [5.41, 5.74) is 0.0958. The maximum absolute atomic E-state index is 12.0. The molecule has 110 valence electrons. The second kappa shape index (κ2) is 6.19. The molecule has 1 fully saturated rings. The molecule has 6 nitrogen and oxygen atoms in total. The number of morpholine rings is 1. The zero-order chi connectivity index (χ0) is 14.6. The number of likely N-dealkylation sites (N-methyl/N-ethyl adjacent to an activating group) is 1. The first-order chi connectivity index (χ1) is 9.53. The molecule has 0 spiro atoms. The Kier molecular flexibility index (Phi) is 4.57. The molecule has 1 aliphatic rings. The van der Waals surface area contributed by atoms with Gasteiger partial charge in [-0.2, -0.15) is 0 Å². The maximum Gasteiger partial charge on any atom is 0.244 e. The number of carbonyl (C=O) groups excluding carboxylic acids is 1. The molecule has 0 bridgehead atoms. The average molecular weight is 278 g/mol. The first-order valence-electron chi connectivity index (χ1n) is 6.82. The predicted octanol–water partition coefficient (Wildman–Crippen LogP) is 0.855. The Hall–Kier alpha value is -1.66. The van der Waals surface area contributed by atoms with Crippen LogP contribution in [-0.2, 0) is 9.53 Å². The molecule has 6 heteroatoms. The Bertz CT molecular complexity index is 453. The van der Waals surface area contributed by atoms with Crippen molar-refractivity contribution in [2.75, 3.05) is 43.6 Å². The van der Waals surface area contributed by atoms with E-state index in [9.17, 15) is 4.79 Å². The number of carbonyl (C=O) groups is 1. The molecule has 2 heterocycles. The molecule has 1 aromatic heterocycles. The van der Waals surface area contributed by atoms with Crippen LogP contribution in [0.15, 0.2) is 18.3 Å². The van der Waals surface area contributed by atoms with E-state index in [1.807, 2.05) is 26.0 Å². The minimum Gasteiger partial charge on any atom is -0.378 e. The molecule has 20 heavy (non-hydrogen) atoms. The summed E-state index contributed by atoms with van der Waals surface area (Å²) in [7, 11) is 1.76. The fourth-order valence-corrected chi connectivity index (χ4v) is 1.84. The summed E-state index contributed by atoms with van der Waals surface area (Å²) in [6, 6.07) is 3.80. The van der Waals surface area contributed by atoms with Gasteiger partial charge in [-0.1, -0.05) is 0 Å². The maximum atomic E-state index is 12.0. The first kappa shape index (κ1) is 14.7. The zero-order valence-corrected chi connectivity index (χ0v) is 12.3. The van der Waals surface area contributed by atoms with E-state index in [0.717, 1.165) is 32.1 Å². The van der Waals surface area contributed by atoms with Gasteiger partial charge in [-0.3, -0.25) is 4.79 Å². The second-order valence-corrected chi connectivity index (χ2v) is 5.33. The van der Waals surface area contributed by atoms with Crippen LogP contribution in [0.5, 0.6) is 0 Å². The van der Waals surface area contributed by atoms with Gasteiger partial charge in [-0.15, -0.1) is 0 Å². The van der Waals surface area contributed by atoms with Crippen molar-refractivity contribution in [2.24, 2.45) is 0 Å². The smallest absolute Gasteiger partial charge is 0.244 e. The van der Waals surface area contributed by atoms with Gasteiger partial charge < -0.3 is 20.3 Å². The molecule has 2 rings (SSSR count). The molecule has 0 aliphatic carbocycles. The van der Waals surface area contributed by atoms with Crippen LogP contribution in [0.3, 0.4) is 0 Å². The summed E-state index contributed by atoms with van der Waals surface area (Å²) >= 11 is 0. The van der Waals surface area contributed by atoms with Crippen LogP contribution in [-0.4, -0.2) is 49.8 Å². The van der Waals surface area contributed by atoms with Gasteiger partial charge in [0.05, 0.1) is 30.6 Å². The van der Waals surface area contributed by atoms with Crippen molar-refractivity contribution < 1.29 is 9.53 Å². The molecule has 2 N–H and O–H groups in total. The highest BCUT2D eigenvalue weighted by Crippen LogP contribution is 2.16. The molecule has 1 aromatic rings. The number of hydrogen-bond acceptors (Lipinski definition) is 5. The summed E-state index contributed by atoms with van der Waals surface area (Å²) in [6.45, 7) is 6.83. The van der Waals surface area contributed by atoms with Crippen molar-refractivity contribution in [1.82, 2.24) is 10.3 Å². The molecule has 0 unspecified atom stereocenters. The van der Waals surface area contributed by atoms with Gasteiger partial charge in [-0.25, -0.2) is 4.98 Å². The highest BCUT2D eigenvalue weighted by atomic mass is 16.5. The summed E-state index contributed by atoms with van der Waals surface area (Å²) < 4.78 is 5.31. The Labute approximate surface area is 119 Å². The topological polar surface area (TPSA) is 66.5 Å². The number of nitrogens with one attached hydrogen (secondary N) is 2. The highest BCUT2D eigenvalue weighted by molar-refractivity contribution is 5.97. The van der Waals surface area contributed by atoms with Crippen molar-refractivity contribution in [3.05, 3.63) is 18.3 Å². The van der Waals surface area contributed by atoms with Gasteiger partial charge in [0.25, 0.3) is 0 Å². The third-order valence-corrected chi connectivity index (χ3v) is 3.53. The lowest BCUT2D eigenvalue weighted by Crippen LogP contribution is -2.47. The van der Waals surface area contributed by atoms with Crippen molar-refractivity contribution in [3.8, 4) is 0 Å². The van der Waals surface area contributed by atoms with Crippen molar-refractivity contribution >= 4 is 17.4 Å². The molecule has 0 aromatic carbocycles. The molecule has 0 atom stereocenters. The number of ether oxygens (including phenoxy) is 1. The fourth-order valence-electron chi connectivity index (χ4n) is 1.84. The third kappa shape index (κ3) is 3.46. The van der Waals surface area contributed by atoms with E-state index in [4.69, 9.17) is 4.74 Å². The number of rotatable bonds is 4. The summed E-state index contributed by atoms with van der Waals surface area (Å²) in [6.07, 6.45) is 1.69. The Balaban J connectivity index is 1.99. The van der Waals surface area contributed by atoms with E-state index in [1.54, 1.807) is 13.2 Å². The van der Waals surface area contributed by atoms with Crippen LogP contribution < -0.4 is 15.5 Å². The van der Waals surface area contributed by atoms with Gasteiger partial charge in [-0.05, 0) is 33.0 Å². The second-order valence-electron chi connectivity index (χ2n) is 5.33. The Morgan fingerprint density at radius 1 is 1.35 bits per heavy atom. The first-order valence-corrected chi connectivity index (χ1v) is 6.82. The zero-order valence-electron chi connectivity index (χ0n) is 12.3. The van der Waals surface area contributed by atoms with Gasteiger partial charge >= 0.3 is 0 Å².